The molecule has 37 heavy (non-hydrogen) atoms. The molecule has 1 aliphatic heterocycles. The van der Waals surface area contributed by atoms with Gasteiger partial charge in [0.15, 0.2) is 0 Å². The summed E-state index contributed by atoms with van der Waals surface area (Å²) < 4.78 is 1.73. The van der Waals surface area contributed by atoms with Crippen LogP contribution in [0.4, 0.5) is 11.4 Å². The number of aryl methyl sites for hydroxylation is 2. The number of pyridine rings is 2. The number of anilines is 2. The number of nitrogens with one attached hydrogen (secondary N) is 3. The first-order valence-electron chi connectivity index (χ1n) is 12.6. The van der Waals surface area contributed by atoms with Crippen molar-refractivity contribution in [2.45, 2.75) is 32.6 Å². The third-order valence-electron chi connectivity index (χ3n) is 7.43. The molecule has 0 radical (unpaired) electrons. The number of carbonyl (C=O) groups excluding carboxylic acids is 2. The lowest BCUT2D eigenvalue weighted by atomic mass is 9.95. The first-order chi connectivity index (χ1) is 17.9. The Labute approximate surface area is 214 Å². The van der Waals surface area contributed by atoms with Crippen LogP contribution in [-0.2, 0) is 11.8 Å². The SMILES string of the molecule is Cc1ncc(NC(=O)CN2CCCC3(CC3)C2)cc1NC(=O)c1cnc2[nH]c(-c3cnn(C)c3)cc2c1. The number of amides is 2. The molecule has 4 aromatic heterocycles. The van der Waals surface area contributed by atoms with E-state index < -0.39 is 0 Å². The highest BCUT2D eigenvalue weighted by atomic mass is 16.2. The summed E-state index contributed by atoms with van der Waals surface area (Å²) in [4.78, 5) is 40.1. The molecule has 2 fully saturated rings. The van der Waals surface area contributed by atoms with E-state index in [9.17, 15) is 9.59 Å². The minimum atomic E-state index is -0.296. The van der Waals surface area contributed by atoms with Crippen molar-refractivity contribution in [3.05, 3.63) is 54.2 Å². The third kappa shape index (κ3) is 4.97. The van der Waals surface area contributed by atoms with Crippen LogP contribution in [0.2, 0.25) is 0 Å². The van der Waals surface area contributed by atoms with Crippen LogP contribution in [0.5, 0.6) is 0 Å². The predicted molar refractivity (Wildman–Crippen MR) is 141 cm³/mol. The number of nitrogens with zero attached hydrogens (tertiary/aromatic N) is 5. The lowest BCUT2D eigenvalue weighted by molar-refractivity contribution is -0.117. The summed E-state index contributed by atoms with van der Waals surface area (Å²) in [5, 5.41) is 10.9. The van der Waals surface area contributed by atoms with Crippen LogP contribution in [0, 0.1) is 12.3 Å². The van der Waals surface area contributed by atoms with Gasteiger partial charge >= 0.3 is 0 Å². The summed E-state index contributed by atoms with van der Waals surface area (Å²) >= 11 is 0. The van der Waals surface area contributed by atoms with E-state index >= 15 is 0 Å². The molecule has 2 amide bonds. The van der Waals surface area contributed by atoms with Crippen molar-refractivity contribution in [1.82, 2.24) is 29.6 Å². The van der Waals surface area contributed by atoms with Crippen LogP contribution in [0.3, 0.4) is 0 Å². The van der Waals surface area contributed by atoms with Gasteiger partial charge in [-0.25, -0.2) is 4.98 Å². The zero-order valence-corrected chi connectivity index (χ0v) is 21.0. The second-order valence-electron chi connectivity index (χ2n) is 10.4. The van der Waals surface area contributed by atoms with Crippen LogP contribution < -0.4 is 10.6 Å². The fourth-order valence-electron chi connectivity index (χ4n) is 5.21. The molecule has 0 unspecified atom stereocenters. The van der Waals surface area contributed by atoms with E-state index in [4.69, 9.17) is 0 Å². The average Bonchev–Trinajstić information content (AvgIpc) is 3.26. The third-order valence-corrected chi connectivity index (χ3v) is 7.43. The summed E-state index contributed by atoms with van der Waals surface area (Å²) in [5.41, 5.74) is 5.18. The number of H-pyrrole nitrogens is 1. The minimum Gasteiger partial charge on any atom is -0.339 e. The van der Waals surface area contributed by atoms with Gasteiger partial charge in [-0.2, -0.15) is 5.10 Å². The Morgan fingerprint density at radius 1 is 1.08 bits per heavy atom. The largest absolute Gasteiger partial charge is 0.339 e. The topological polar surface area (TPSA) is 121 Å². The van der Waals surface area contributed by atoms with Gasteiger partial charge in [-0.05, 0) is 62.8 Å². The van der Waals surface area contributed by atoms with Crippen LogP contribution in [0.1, 0.15) is 41.7 Å². The van der Waals surface area contributed by atoms with Crippen LogP contribution >= 0.6 is 0 Å². The van der Waals surface area contributed by atoms with Gasteiger partial charge in [-0.15, -0.1) is 0 Å². The van der Waals surface area contributed by atoms with Gasteiger partial charge in [0, 0.05) is 36.9 Å². The van der Waals surface area contributed by atoms with Crippen molar-refractivity contribution in [3.8, 4) is 11.3 Å². The van der Waals surface area contributed by atoms with E-state index in [0.29, 0.717) is 40.2 Å². The second kappa shape index (κ2) is 9.11. The van der Waals surface area contributed by atoms with E-state index in [2.05, 4.69) is 35.6 Å². The summed E-state index contributed by atoms with van der Waals surface area (Å²) in [5.74, 6) is -0.359. The lowest BCUT2D eigenvalue weighted by Gasteiger charge is -2.32. The quantitative estimate of drug-likeness (QED) is 0.373. The Bertz CT molecular complexity index is 1500. The molecular formula is C27H30N8O2. The number of aromatic amines is 1. The number of hydrogen-bond acceptors (Lipinski definition) is 6. The molecule has 0 aromatic carbocycles. The molecule has 5 heterocycles. The fourth-order valence-corrected chi connectivity index (χ4v) is 5.21. The van der Waals surface area contributed by atoms with Crippen LogP contribution in [0.25, 0.3) is 22.3 Å². The first kappa shape index (κ1) is 23.4. The minimum absolute atomic E-state index is 0.0628. The Morgan fingerprint density at radius 2 is 1.95 bits per heavy atom. The van der Waals surface area contributed by atoms with Gasteiger partial charge in [0.2, 0.25) is 5.91 Å². The van der Waals surface area contributed by atoms with E-state index in [-0.39, 0.29) is 11.8 Å². The maximum absolute atomic E-state index is 13.1. The molecule has 3 N–H and O–H groups in total. The molecule has 1 aliphatic carbocycles. The second-order valence-corrected chi connectivity index (χ2v) is 10.4. The number of aromatic nitrogens is 5. The summed E-state index contributed by atoms with van der Waals surface area (Å²) in [6.07, 6.45) is 11.9. The van der Waals surface area contributed by atoms with E-state index in [0.717, 1.165) is 36.2 Å². The highest BCUT2D eigenvalue weighted by molar-refractivity contribution is 6.06. The maximum atomic E-state index is 13.1. The molecule has 4 aromatic rings. The van der Waals surface area contributed by atoms with Crippen molar-refractivity contribution in [2.75, 3.05) is 30.3 Å². The Balaban J connectivity index is 1.13. The summed E-state index contributed by atoms with van der Waals surface area (Å²) in [6, 6.07) is 5.50. The molecule has 190 valence electrons. The zero-order valence-electron chi connectivity index (χ0n) is 21.0. The first-order valence-corrected chi connectivity index (χ1v) is 12.6. The summed E-state index contributed by atoms with van der Waals surface area (Å²) in [6.45, 7) is 4.17. The monoisotopic (exact) mass is 498 g/mol. The molecule has 6 rings (SSSR count). The van der Waals surface area contributed by atoms with Crippen molar-refractivity contribution in [3.63, 3.8) is 0 Å². The van der Waals surface area contributed by atoms with Gasteiger partial charge in [-0.3, -0.25) is 24.2 Å². The van der Waals surface area contributed by atoms with E-state index in [1.165, 1.54) is 19.3 Å². The van der Waals surface area contributed by atoms with Crippen molar-refractivity contribution < 1.29 is 9.59 Å². The molecule has 10 nitrogen and oxygen atoms in total. The van der Waals surface area contributed by atoms with Crippen molar-refractivity contribution in [1.29, 1.82) is 0 Å². The zero-order chi connectivity index (χ0) is 25.6. The number of carbonyl (C=O) groups is 2. The Morgan fingerprint density at radius 3 is 2.73 bits per heavy atom. The number of rotatable bonds is 6. The van der Waals surface area contributed by atoms with Crippen LogP contribution in [-0.4, -0.2) is 61.1 Å². The van der Waals surface area contributed by atoms with Crippen molar-refractivity contribution >= 4 is 34.2 Å². The van der Waals surface area contributed by atoms with Gasteiger partial charge in [0.25, 0.3) is 5.91 Å². The number of fused-ring (bicyclic) bond motifs is 1. The molecule has 0 atom stereocenters. The van der Waals surface area contributed by atoms with Gasteiger partial charge in [0.1, 0.15) is 5.65 Å². The van der Waals surface area contributed by atoms with Gasteiger partial charge in [-0.1, -0.05) is 0 Å². The predicted octanol–water partition coefficient (Wildman–Crippen LogP) is 3.73. The van der Waals surface area contributed by atoms with Gasteiger partial charge < -0.3 is 15.6 Å². The van der Waals surface area contributed by atoms with E-state index in [1.807, 2.05) is 26.2 Å². The summed E-state index contributed by atoms with van der Waals surface area (Å²) in [7, 11) is 1.86. The van der Waals surface area contributed by atoms with Crippen molar-refractivity contribution in [2.24, 2.45) is 12.5 Å². The molecule has 2 aliphatic rings. The number of likely N-dealkylation sites (tertiary alicyclic amines) is 1. The number of hydrogen-bond donors (Lipinski definition) is 3. The Hall–Kier alpha value is -4.05. The van der Waals surface area contributed by atoms with Crippen LogP contribution in [0.15, 0.2) is 43.0 Å². The average molecular weight is 499 g/mol. The van der Waals surface area contributed by atoms with E-state index in [1.54, 1.807) is 35.4 Å². The molecule has 0 bridgehead atoms. The number of piperidine rings is 1. The smallest absolute Gasteiger partial charge is 0.257 e. The molecule has 1 saturated carbocycles. The Kier molecular flexibility index (Phi) is 5.75. The molecule has 1 spiro atoms. The highest BCUT2D eigenvalue weighted by Gasteiger charge is 2.45. The maximum Gasteiger partial charge on any atom is 0.257 e. The molecular weight excluding hydrogens is 468 g/mol. The lowest BCUT2D eigenvalue weighted by Crippen LogP contribution is -2.41. The fraction of sp³-hybridized carbons (Fsp3) is 0.370. The molecule has 10 heteroatoms. The highest BCUT2D eigenvalue weighted by Crippen LogP contribution is 2.51. The van der Waals surface area contributed by atoms with Gasteiger partial charge in [0.05, 0.1) is 47.3 Å². The standard InChI is InChI=1S/C27H30N8O2/c1-17-22(10-21(13-28-17)31-24(36)15-35-7-3-4-27(16-35)5-6-27)33-26(37)19-8-18-9-23(32-25(18)29-11-19)20-12-30-34(2)14-20/h8-14H,3-7,15-16H2,1-2H3,(H,29,32)(H,31,36)(H,33,37). The molecule has 1 saturated heterocycles. The normalized spacial score (nSPS) is 16.7.